The number of rotatable bonds is 8. The summed E-state index contributed by atoms with van der Waals surface area (Å²) in [5, 5.41) is 0. The molecule has 0 spiro atoms. The third kappa shape index (κ3) is 6.93. The first-order valence-electron chi connectivity index (χ1n) is 7.93. The Hall–Kier alpha value is -1.10. The molecule has 1 unspecified atom stereocenters. The van der Waals surface area contributed by atoms with E-state index in [1.165, 1.54) is 6.42 Å². The zero-order valence-electron chi connectivity index (χ0n) is 13.5. The molecule has 21 heavy (non-hydrogen) atoms. The number of hydrogen-bond acceptors (Lipinski definition) is 5. The van der Waals surface area contributed by atoms with Gasteiger partial charge in [0, 0.05) is 0 Å². The van der Waals surface area contributed by atoms with E-state index in [2.05, 4.69) is 0 Å². The molecule has 0 N–H and O–H groups in total. The van der Waals surface area contributed by atoms with Crippen molar-refractivity contribution in [2.45, 2.75) is 64.9 Å². The highest BCUT2D eigenvalue weighted by Crippen LogP contribution is 2.31. The minimum absolute atomic E-state index is 0.0868. The van der Waals surface area contributed by atoms with Crippen LogP contribution >= 0.6 is 0 Å². The third-order valence-electron chi connectivity index (χ3n) is 3.98. The second-order valence-electron chi connectivity index (χ2n) is 6.01. The first-order valence-corrected chi connectivity index (χ1v) is 7.93. The van der Waals surface area contributed by atoms with Gasteiger partial charge in [0.05, 0.1) is 12.5 Å². The van der Waals surface area contributed by atoms with Crippen LogP contribution in [0.3, 0.4) is 0 Å². The first kappa shape index (κ1) is 18.0. The lowest BCUT2D eigenvalue weighted by atomic mass is 9.86. The van der Waals surface area contributed by atoms with Crippen LogP contribution < -0.4 is 0 Å². The molecule has 0 aromatic rings. The summed E-state index contributed by atoms with van der Waals surface area (Å²) in [4.78, 5) is 23.1. The summed E-state index contributed by atoms with van der Waals surface area (Å²) in [7, 11) is 0. The van der Waals surface area contributed by atoms with Crippen molar-refractivity contribution >= 4 is 11.9 Å². The summed E-state index contributed by atoms with van der Waals surface area (Å²) in [6.07, 6.45) is 6.03. The lowest BCUT2D eigenvalue weighted by Crippen LogP contribution is -2.35. The summed E-state index contributed by atoms with van der Waals surface area (Å²) in [5.74, 6) is -0.660. The molecule has 0 amide bonds. The zero-order chi connectivity index (χ0) is 15.7. The van der Waals surface area contributed by atoms with E-state index in [0.717, 1.165) is 32.1 Å². The van der Waals surface area contributed by atoms with Gasteiger partial charge in [0.2, 0.25) is 0 Å². The molecule has 122 valence electrons. The molecule has 1 aliphatic carbocycles. The van der Waals surface area contributed by atoms with Crippen LogP contribution in [0.5, 0.6) is 0 Å². The fourth-order valence-corrected chi connectivity index (χ4v) is 2.37. The minimum atomic E-state index is -0.340. The van der Waals surface area contributed by atoms with Gasteiger partial charge in [-0.15, -0.1) is 0 Å². The Morgan fingerprint density at radius 1 is 1.14 bits per heavy atom. The van der Waals surface area contributed by atoms with Crippen LogP contribution in [0.25, 0.3) is 0 Å². The molecule has 1 aliphatic rings. The summed E-state index contributed by atoms with van der Waals surface area (Å²) in [6, 6.07) is 0. The van der Waals surface area contributed by atoms with Crippen molar-refractivity contribution < 1.29 is 23.8 Å². The maximum Gasteiger partial charge on any atom is 0.332 e. The molecule has 0 aromatic carbocycles. The Morgan fingerprint density at radius 2 is 1.81 bits per heavy atom. The van der Waals surface area contributed by atoms with E-state index in [0.29, 0.717) is 0 Å². The second-order valence-corrected chi connectivity index (χ2v) is 6.01. The predicted molar refractivity (Wildman–Crippen MR) is 78.8 cm³/mol. The van der Waals surface area contributed by atoms with Crippen molar-refractivity contribution in [3.8, 4) is 0 Å². The van der Waals surface area contributed by atoms with Gasteiger partial charge in [-0.1, -0.05) is 20.3 Å². The Bertz CT molecular complexity index is 334. The molecule has 5 heteroatoms. The Labute approximate surface area is 127 Å². The fourth-order valence-electron chi connectivity index (χ4n) is 2.37. The number of carbonyl (C=O) groups is 2. The topological polar surface area (TPSA) is 61.8 Å². The molecule has 0 aliphatic heterocycles. The third-order valence-corrected chi connectivity index (χ3v) is 3.98. The van der Waals surface area contributed by atoms with Crippen LogP contribution in [0.4, 0.5) is 0 Å². The van der Waals surface area contributed by atoms with Gasteiger partial charge >= 0.3 is 11.9 Å². The van der Waals surface area contributed by atoms with Crippen LogP contribution in [-0.4, -0.2) is 37.4 Å². The van der Waals surface area contributed by atoms with E-state index in [4.69, 9.17) is 14.2 Å². The molecule has 1 atom stereocenters. The summed E-state index contributed by atoms with van der Waals surface area (Å²) in [6.45, 7) is 6.05. The van der Waals surface area contributed by atoms with E-state index in [-0.39, 0.29) is 43.3 Å². The van der Waals surface area contributed by atoms with E-state index in [9.17, 15) is 9.59 Å². The van der Waals surface area contributed by atoms with Crippen LogP contribution in [-0.2, 0) is 23.8 Å². The molecule has 0 bridgehead atoms. The predicted octanol–water partition coefficient (Wildman–Crippen LogP) is 2.86. The highest BCUT2D eigenvalue weighted by molar-refractivity contribution is 5.72. The van der Waals surface area contributed by atoms with Crippen molar-refractivity contribution in [3.63, 3.8) is 0 Å². The van der Waals surface area contributed by atoms with Crippen molar-refractivity contribution in [3.05, 3.63) is 0 Å². The largest absolute Gasteiger partial charge is 0.463 e. The maximum absolute atomic E-state index is 11.7. The lowest BCUT2D eigenvalue weighted by Gasteiger charge is -2.33. The Kier molecular flexibility index (Phi) is 7.72. The molecule has 0 heterocycles. The molecule has 0 saturated heterocycles. The number of hydrogen-bond donors (Lipinski definition) is 0. The van der Waals surface area contributed by atoms with Crippen molar-refractivity contribution in [1.29, 1.82) is 0 Å². The van der Waals surface area contributed by atoms with E-state index >= 15 is 0 Å². The smallest absolute Gasteiger partial charge is 0.332 e. The monoisotopic (exact) mass is 300 g/mol. The SMILES string of the molecule is CCC(C)C(=O)OCCOCC(=O)OC1(C)CCCCC1. The highest BCUT2D eigenvalue weighted by atomic mass is 16.6. The summed E-state index contributed by atoms with van der Waals surface area (Å²) < 4.78 is 15.7. The van der Waals surface area contributed by atoms with E-state index < -0.39 is 0 Å². The second kappa shape index (κ2) is 9.03. The minimum Gasteiger partial charge on any atom is -0.463 e. The quantitative estimate of drug-likeness (QED) is 0.509. The summed E-state index contributed by atoms with van der Waals surface area (Å²) in [5.41, 5.74) is -0.332. The zero-order valence-corrected chi connectivity index (χ0v) is 13.5. The van der Waals surface area contributed by atoms with Crippen molar-refractivity contribution in [2.75, 3.05) is 19.8 Å². The van der Waals surface area contributed by atoms with Gasteiger partial charge in [-0.3, -0.25) is 4.79 Å². The molecule has 5 nitrogen and oxygen atoms in total. The van der Waals surface area contributed by atoms with E-state index in [1.54, 1.807) is 0 Å². The van der Waals surface area contributed by atoms with Crippen LogP contribution in [0.1, 0.15) is 59.3 Å². The normalized spacial score (nSPS) is 18.8. The van der Waals surface area contributed by atoms with Crippen LogP contribution in [0.2, 0.25) is 0 Å². The van der Waals surface area contributed by atoms with Gasteiger partial charge in [0.15, 0.2) is 0 Å². The molecular formula is C16H28O5. The number of esters is 2. The molecule has 1 saturated carbocycles. The number of ether oxygens (including phenoxy) is 3. The van der Waals surface area contributed by atoms with E-state index in [1.807, 2.05) is 20.8 Å². The summed E-state index contributed by atoms with van der Waals surface area (Å²) >= 11 is 0. The van der Waals surface area contributed by atoms with Gasteiger partial charge in [-0.05, 0) is 39.0 Å². The van der Waals surface area contributed by atoms with Gasteiger partial charge < -0.3 is 14.2 Å². The molecule has 1 rings (SSSR count). The van der Waals surface area contributed by atoms with Gasteiger partial charge in [-0.2, -0.15) is 0 Å². The van der Waals surface area contributed by atoms with Gasteiger partial charge in [0.25, 0.3) is 0 Å². The van der Waals surface area contributed by atoms with Crippen molar-refractivity contribution in [2.24, 2.45) is 5.92 Å². The molecule has 1 fully saturated rings. The maximum atomic E-state index is 11.7. The van der Waals surface area contributed by atoms with Gasteiger partial charge in [-0.25, -0.2) is 4.79 Å². The standard InChI is InChI=1S/C16H28O5/c1-4-13(2)15(18)20-11-10-19-12-14(17)21-16(3)8-6-5-7-9-16/h13H,4-12H2,1-3H3. The van der Waals surface area contributed by atoms with Gasteiger partial charge in [0.1, 0.15) is 18.8 Å². The van der Waals surface area contributed by atoms with Crippen molar-refractivity contribution in [1.82, 2.24) is 0 Å². The highest BCUT2D eigenvalue weighted by Gasteiger charge is 2.30. The Balaban J connectivity index is 2.09. The average molecular weight is 300 g/mol. The first-order chi connectivity index (χ1) is 9.97. The number of carbonyl (C=O) groups excluding carboxylic acids is 2. The lowest BCUT2D eigenvalue weighted by molar-refractivity contribution is -0.167. The molecule has 0 aromatic heterocycles. The molecule has 0 radical (unpaired) electrons. The van der Waals surface area contributed by atoms with Crippen LogP contribution in [0, 0.1) is 5.92 Å². The average Bonchev–Trinajstić information content (AvgIpc) is 2.46. The Morgan fingerprint density at radius 3 is 2.43 bits per heavy atom. The molecular weight excluding hydrogens is 272 g/mol. The fraction of sp³-hybridized carbons (Fsp3) is 0.875. The van der Waals surface area contributed by atoms with Crippen LogP contribution in [0.15, 0.2) is 0 Å².